The highest BCUT2D eigenvalue weighted by Crippen LogP contribution is 2.52. The molecule has 1 N–H and O–H groups in total. The highest BCUT2D eigenvalue weighted by molar-refractivity contribution is 5.88. The number of nitrogens with zero attached hydrogens (tertiary/aromatic N) is 2. The van der Waals surface area contributed by atoms with Gasteiger partial charge in [0.05, 0.1) is 0 Å². The molecule has 176 valence electrons. The Labute approximate surface area is 201 Å². The van der Waals surface area contributed by atoms with E-state index in [1.54, 1.807) is 0 Å². The van der Waals surface area contributed by atoms with Gasteiger partial charge in [0.25, 0.3) is 0 Å². The first-order valence-corrected chi connectivity index (χ1v) is 12.2. The molecule has 1 aliphatic heterocycles. The van der Waals surface area contributed by atoms with E-state index in [2.05, 4.69) is 72.8 Å². The zero-order chi connectivity index (χ0) is 23.7. The molecule has 3 aromatic rings. The van der Waals surface area contributed by atoms with Crippen molar-refractivity contribution in [2.24, 2.45) is 0 Å². The Hall–Kier alpha value is -3.18. The Morgan fingerprint density at radius 2 is 1.76 bits per heavy atom. The number of hydrogen-bond acceptors (Lipinski definition) is 3. The van der Waals surface area contributed by atoms with Crippen LogP contribution in [0.3, 0.4) is 0 Å². The summed E-state index contributed by atoms with van der Waals surface area (Å²) < 4.78 is 0. The molecule has 3 aromatic carbocycles. The second-order valence-corrected chi connectivity index (χ2v) is 10.1. The van der Waals surface area contributed by atoms with Crippen LogP contribution in [0.25, 0.3) is 10.8 Å². The van der Waals surface area contributed by atoms with E-state index in [0.29, 0.717) is 18.9 Å². The van der Waals surface area contributed by atoms with Crippen molar-refractivity contribution in [1.29, 1.82) is 0 Å². The van der Waals surface area contributed by atoms with E-state index in [4.69, 9.17) is 0 Å². The molecule has 2 aliphatic rings. The summed E-state index contributed by atoms with van der Waals surface area (Å²) in [5.41, 5.74) is 4.10. The van der Waals surface area contributed by atoms with Crippen LogP contribution in [-0.2, 0) is 21.4 Å². The van der Waals surface area contributed by atoms with E-state index in [1.807, 2.05) is 23.1 Å². The third-order valence-corrected chi connectivity index (χ3v) is 8.00. The van der Waals surface area contributed by atoms with Crippen LogP contribution in [0.2, 0.25) is 0 Å². The average Bonchev–Trinajstić information content (AvgIpc) is 3.18. The Morgan fingerprint density at radius 3 is 2.53 bits per heavy atom. The first-order chi connectivity index (χ1) is 16.5. The number of carbonyl (C=O) groups is 2. The molecule has 2 amide bonds. The van der Waals surface area contributed by atoms with Crippen molar-refractivity contribution >= 4 is 23.1 Å². The van der Waals surface area contributed by atoms with Gasteiger partial charge in [0.2, 0.25) is 12.3 Å². The highest BCUT2D eigenvalue weighted by atomic mass is 16.2. The van der Waals surface area contributed by atoms with E-state index in [-0.39, 0.29) is 11.3 Å². The van der Waals surface area contributed by atoms with Crippen LogP contribution in [-0.4, -0.2) is 55.3 Å². The molecular formula is C29H33N3O2. The molecule has 1 saturated heterocycles. The normalized spacial score (nSPS) is 19.9. The summed E-state index contributed by atoms with van der Waals surface area (Å²) in [5, 5.41) is 5.09. The lowest BCUT2D eigenvalue weighted by molar-refractivity contribution is -0.136. The minimum atomic E-state index is -0.553. The van der Waals surface area contributed by atoms with E-state index < -0.39 is 6.04 Å². The van der Waals surface area contributed by atoms with Gasteiger partial charge in [-0.05, 0) is 60.8 Å². The average molecular weight is 456 g/mol. The van der Waals surface area contributed by atoms with Crippen molar-refractivity contribution in [3.8, 4) is 0 Å². The van der Waals surface area contributed by atoms with Gasteiger partial charge in [0.1, 0.15) is 6.04 Å². The Balaban J connectivity index is 1.33. The third kappa shape index (κ3) is 3.98. The van der Waals surface area contributed by atoms with E-state index in [1.165, 1.54) is 11.1 Å². The van der Waals surface area contributed by atoms with Crippen LogP contribution < -0.4 is 5.32 Å². The first-order valence-electron chi connectivity index (χ1n) is 12.2. The van der Waals surface area contributed by atoms with Crippen molar-refractivity contribution in [2.75, 3.05) is 27.2 Å². The van der Waals surface area contributed by atoms with Crippen molar-refractivity contribution in [3.63, 3.8) is 0 Å². The Kier molecular flexibility index (Phi) is 6.13. The zero-order valence-corrected chi connectivity index (χ0v) is 20.0. The molecule has 5 nitrogen and oxygen atoms in total. The standard InChI is InChI=1S/C29H33N3O2/c1-31(2)27-19-29(25-13-6-5-12-24(25)27)14-16-32(17-15-29)28(34)26(30-20-33)18-22-10-7-9-21-8-3-4-11-23(21)22/h3-13,20,26-27H,14-19H2,1-2H3,(H,30,33). The topological polar surface area (TPSA) is 52.6 Å². The van der Waals surface area contributed by atoms with Crippen LogP contribution in [0, 0.1) is 0 Å². The molecule has 2 unspecified atom stereocenters. The van der Waals surface area contributed by atoms with E-state index >= 15 is 0 Å². The largest absolute Gasteiger partial charge is 0.347 e. The summed E-state index contributed by atoms with van der Waals surface area (Å²) >= 11 is 0. The summed E-state index contributed by atoms with van der Waals surface area (Å²) in [7, 11) is 4.31. The predicted octanol–water partition coefficient (Wildman–Crippen LogP) is 4.06. The summed E-state index contributed by atoms with van der Waals surface area (Å²) in [5.74, 6) is 0.0188. The second-order valence-electron chi connectivity index (χ2n) is 10.1. The predicted molar refractivity (Wildman–Crippen MR) is 136 cm³/mol. The summed E-state index contributed by atoms with van der Waals surface area (Å²) in [6.45, 7) is 1.44. The van der Waals surface area contributed by atoms with Gasteiger partial charge in [-0.1, -0.05) is 66.7 Å². The quantitative estimate of drug-likeness (QED) is 0.570. The number of nitrogens with one attached hydrogen (secondary N) is 1. The van der Waals surface area contributed by atoms with Gasteiger partial charge < -0.3 is 15.1 Å². The smallest absolute Gasteiger partial charge is 0.245 e. The number of piperidine rings is 1. The minimum absolute atomic E-state index is 0.0188. The molecule has 5 rings (SSSR count). The number of rotatable bonds is 6. The van der Waals surface area contributed by atoms with Crippen molar-refractivity contribution < 1.29 is 9.59 Å². The summed E-state index contributed by atoms with van der Waals surface area (Å²) in [4.78, 5) is 29.2. The molecule has 1 aliphatic carbocycles. The SMILES string of the molecule is CN(C)C1CC2(CCN(C(=O)C(Cc3cccc4ccccc34)NC=O)CC2)c2ccccc21. The van der Waals surface area contributed by atoms with Crippen LogP contribution in [0.1, 0.15) is 42.0 Å². The molecule has 1 heterocycles. The van der Waals surface area contributed by atoms with E-state index in [9.17, 15) is 9.59 Å². The monoisotopic (exact) mass is 455 g/mol. The molecule has 0 bridgehead atoms. The molecule has 0 radical (unpaired) electrons. The first kappa shape index (κ1) is 22.6. The lowest BCUT2D eigenvalue weighted by Crippen LogP contribution is -2.52. The van der Waals surface area contributed by atoms with Gasteiger partial charge in [0, 0.05) is 31.0 Å². The Bertz CT molecular complexity index is 1190. The fraction of sp³-hybridized carbons (Fsp3) is 0.379. The molecule has 34 heavy (non-hydrogen) atoms. The lowest BCUT2D eigenvalue weighted by atomic mass is 9.73. The van der Waals surface area contributed by atoms with Crippen LogP contribution in [0.15, 0.2) is 66.7 Å². The number of fused-ring (bicyclic) bond motifs is 3. The second kappa shape index (κ2) is 9.22. The van der Waals surface area contributed by atoms with Crippen molar-refractivity contribution in [1.82, 2.24) is 15.1 Å². The van der Waals surface area contributed by atoms with Crippen LogP contribution >= 0.6 is 0 Å². The van der Waals surface area contributed by atoms with Crippen molar-refractivity contribution in [3.05, 3.63) is 83.4 Å². The molecule has 0 aromatic heterocycles. The number of likely N-dealkylation sites (tertiary alicyclic amines) is 1. The fourth-order valence-corrected chi connectivity index (χ4v) is 6.16. The maximum Gasteiger partial charge on any atom is 0.245 e. The fourth-order valence-electron chi connectivity index (χ4n) is 6.16. The zero-order valence-electron chi connectivity index (χ0n) is 20.0. The Morgan fingerprint density at radius 1 is 1.06 bits per heavy atom. The molecule has 2 atom stereocenters. The maximum atomic E-state index is 13.5. The highest BCUT2D eigenvalue weighted by Gasteiger charge is 2.46. The van der Waals surface area contributed by atoms with Gasteiger partial charge in [-0.25, -0.2) is 0 Å². The third-order valence-electron chi connectivity index (χ3n) is 8.00. The van der Waals surface area contributed by atoms with Gasteiger partial charge in [-0.2, -0.15) is 0 Å². The molecule has 5 heteroatoms. The van der Waals surface area contributed by atoms with Gasteiger partial charge >= 0.3 is 0 Å². The maximum absolute atomic E-state index is 13.5. The molecule has 0 saturated carbocycles. The molecular weight excluding hydrogens is 422 g/mol. The molecule has 1 spiro atoms. The number of hydrogen-bond donors (Lipinski definition) is 1. The number of amides is 2. The van der Waals surface area contributed by atoms with Crippen LogP contribution in [0.4, 0.5) is 0 Å². The van der Waals surface area contributed by atoms with Crippen LogP contribution in [0.5, 0.6) is 0 Å². The minimum Gasteiger partial charge on any atom is -0.347 e. The van der Waals surface area contributed by atoms with Gasteiger partial charge in [0.15, 0.2) is 0 Å². The summed E-state index contributed by atoms with van der Waals surface area (Å²) in [6, 6.07) is 23.0. The number of benzene rings is 3. The lowest BCUT2D eigenvalue weighted by Gasteiger charge is -2.41. The van der Waals surface area contributed by atoms with Gasteiger partial charge in [-0.15, -0.1) is 0 Å². The summed E-state index contributed by atoms with van der Waals surface area (Å²) in [6.07, 6.45) is 4.18. The molecule has 1 fully saturated rings. The van der Waals surface area contributed by atoms with Gasteiger partial charge in [-0.3, -0.25) is 9.59 Å². The van der Waals surface area contributed by atoms with Crippen molar-refractivity contribution in [2.45, 2.75) is 43.2 Å². The number of carbonyl (C=O) groups excluding carboxylic acids is 2. The van der Waals surface area contributed by atoms with E-state index in [0.717, 1.165) is 48.7 Å².